The Labute approximate surface area is 150 Å². The molecule has 1 N–H and O–H groups in total. The van der Waals surface area contributed by atoms with Gasteiger partial charge in [-0.1, -0.05) is 0 Å². The van der Waals surface area contributed by atoms with Gasteiger partial charge in [0.05, 0.1) is 10.5 Å². The number of thiophene rings is 1. The van der Waals surface area contributed by atoms with Crippen LogP contribution in [-0.2, 0) is 26.1 Å². The predicted octanol–water partition coefficient (Wildman–Crippen LogP) is 1.47. The van der Waals surface area contributed by atoms with Crippen molar-refractivity contribution < 1.29 is 22.7 Å². The van der Waals surface area contributed by atoms with Crippen LogP contribution < -0.4 is 4.72 Å². The third-order valence-electron chi connectivity index (χ3n) is 3.42. The molecule has 1 aromatic carbocycles. The van der Waals surface area contributed by atoms with Crippen LogP contribution in [0.15, 0.2) is 46.0 Å². The summed E-state index contributed by atoms with van der Waals surface area (Å²) < 4.78 is 30.4. The van der Waals surface area contributed by atoms with Crippen molar-refractivity contribution in [3.05, 3.63) is 52.2 Å². The molecule has 2 aromatic rings. The average molecular weight is 382 g/mol. The molecule has 134 valence electrons. The highest BCUT2D eigenvalue weighted by atomic mass is 32.2. The molecule has 0 aliphatic carbocycles. The second kappa shape index (κ2) is 8.24. The number of sulfonamides is 1. The molecule has 9 heteroatoms. The number of nitrogens with zero attached hydrogens (tertiary/aromatic N) is 1. The van der Waals surface area contributed by atoms with Crippen LogP contribution in [0.2, 0.25) is 0 Å². The molecule has 0 unspecified atom stereocenters. The van der Waals surface area contributed by atoms with E-state index in [1.165, 1.54) is 36.2 Å². The van der Waals surface area contributed by atoms with Crippen molar-refractivity contribution in [2.24, 2.45) is 0 Å². The Balaban J connectivity index is 1.90. The van der Waals surface area contributed by atoms with Gasteiger partial charge in [-0.3, -0.25) is 4.79 Å². The number of carbonyl (C=O) groups excluding carboxylic acids is 2. The summed E-state index contributed by atoms with van der Waals surface area (Å²) in [7, 11) is -0.633. The van der Waals surface area contributed by atoms with E-state index in [1.54, 1.807) is 18.4 Å². The average Bonchev–Trinajstić information content (AvgIpc) is 3.12. The molecule has 0 saturated carbocycles. The van der Waals surface area contributed by atoms with E-state index in [1.807, 2.05) is 16.8 Å². The molecule has 0 radical (unpaired) electrons. The smallest absolute Gasteiger partial charge is 0.338 e. The summed E-state index contributed by atoms with van der Waals surface area (Å²) in [6.45, 7) is 0.0620. The molecular formula is C16H18N2O5S2. The topological polar surface area (TPSA) is 92.8 Å². The predicted molar refractivity (Wildman–Crippen MR) is 93.8 cm³/mol. The highest BCUT2D eigenvalue weighted by molar-refractivity contribution is 7.89. The molecule has 1 amide bonds. The molecule has 0 saturated heterocycles. The lowest BCUT2D eigenvalue weighted by atomic mass is 10.2. The van der Waals surface area contributed by atoms with E-state index in [4.69, 9.17) is 4.74 Å². The molecule has 1 heterocycles. The number of hydrogen-bond donors (Lipinski definition) is 1. The number of carbonyl (C=O) groups is 2. The van der Waals surface area contributed by atoms with E-state index in [0.717, 1.165) is 5.56 Å². The molecular weight excluding hydrogens is 364 g/mol. The maximum Gasteiger partial charge on any atom is 0.338 e. The molecule has 25 heavy (non-hydrogen) atoms. The van der Waals surface area contributed by atoms with E-state index < -0.39 is 16.0 Å². The van der Waals surface area contributed by atoms with E-state index in [9.17, 15) is 18.0 Å². The summed E-state index contributed by atoms with van der Waals surface area (Å²) in [4.78, 5) is 25.5. The number of ether oxygens (including phenoxy) is 1. The van der Waals surface area contributed by atoms with Gasteiger partial charge in [-0.2, -0.15) is 11.3 Å². The first-order chi connectivity index (χ1) is 11.8. The standard InChI is InChI=1S/C16H18N2O5S2/c1-17-25(21,22)14-5-3-13(4-6-14)16(20)23-10-15(19)18(2)9-12-7-8-24-11-12/h3-8,11,17H,9-10H2,1-2H3. The molecule has 0 bridgehead atoms. The van der Waals surface area contributed by atoms with Crippen molar-refractivity contribution in [1.29, 1.82) is 0 Å². The lowest BCUT2D eigenvalue weighted by Gasteiger charge is -2.16. The minimum absolute atomic E-state index is 0.0399. The van der Waals surface area contributed by atoms with Crippen molar-refractivity contribution in [3.63, 3.8) is 0 Å². The van der Waals surface area contributed by atoms with Gasteiger partial charge in [-0.25, -0.2) is 17.9 Å². The number of nitrogens with one attached hydrogen (secondary N) is 1. The van der Waals surface area contributed by atoms with Gasteiger partial charge in [0.1, 0.15) is 0 Å². The second-order valence-electron chi connectivity index (χ2n) is 5.19. The molecule has 7 nitrogen and oxygen atoms in total. The molecule has 2 rings (SSSR count). The van der Waals surface area contributed by atoms with Crippen LogP contribution >= 0.6 is 11.3 Å². The van der Waals surface area contributed by atoms with Crippen LogP contribution in [-0.4, -0.2) is 45.9 Å². The lowest BCUT2D eigenvalue weighted by molar-refractivity contribution is -0.133. The van der Waals surface area contributed by atoms with Gasteiger partial charge in [-0.15, -0.1) is 0 Å². The number of likely N-dealkylation sites (N-methyl/N-ethyl adjacent to an activating group) is 1. The highest BCUT2D eigenvalue weighted by Crippen LogP contribution is 2.12. The maximum absolute atomic E-state index is 12.0. The SMILES string of the molecule is CNS(=O)(=O)c1ccc(C(=O)OCC(=O)N(C)Cc2ccsc2)cc1. The minimum atomic E-state index is -3.56. The first kappa shape index (κ1) is 19.1. The summed E-state index contributed by atoms with van der Waals surface area (Å²) >= 11 is 1.54. The van der Waals surface area contributed by atoms with Crippen LogP contribution in [0.3, 0.4) is 0 Å². The zero-order valence-corrected chi connectivity index (χ0v) is 15.4. The van der Waals surface area contributed by atoms with Crippen LogP contribution in [0.4, 0.5) is 0 Å². The molecule has 0 aliphatic rings. The number of benzene rings is 1. The van der Waals surface area contributed by atoms with Crippen molar-refractivity contribution in [2.75, 3.05) is 20.7 Å². The molecule has 0 fully saturated rings. The first-order valence-electron chi connectivity index (χ1n) is 7.29. The molecule has 1 aromatic heterocycles. The molecule has 0 spiro atoms. The van der Waals surface area contributed by atoms with E-state index in [0.29, 0.717) is 6.54 Å². The summed E-state index contributed by atoms with van der Waals surface area (Å²) in [5.41, 5.74) is 1.18. The van der Waals surface area contributed by atoms with Gasteiger partial charge >= 0.3 is 5.97 Å². The minimum Gasteiger partial charge on any atom is -0.452 e. The Kier molecular flexibility index (Phi) is 6.29. The third-order valence-corrected chi connectivity index (χ3v) is 5.58. The van der Waals surface area contributed by atoms with E-state index >= 15 is 0 Å². The summed E-state index contributed by atoms with van der Waals surface area (Å²) in [6.07, 6.45) is 0. The highest BCUT2D eigenvalue weighted by Gasteiger charge is 2.16. The Hall–Kier alpha value is -2.23. The van der Waals surface area contributed by atoms with Gasteiger partial charge in [0.2, 0.25) is 10.0 Å². The fourth-order valence-electron chi connectivity index (χ4n) is 1.95. The van der Waals surface area contributed by atoms with E-state index in [-0.39, 0.29) is 23.0 Å². The lowest BCUT2D eigenvalue weighted by Crippen LogP contribution is -2.30. The van der Waals surface area contributed by atoms with Gasteiger partial charge in [-0.05, 0) is 53.7 Å². The summed E-state index contributed by atoms with van der Waals surface area (Å²) in [5.74, 6) is -1.01. The summed E-state index contributed by atoms with van der Waals surface area (Å²) in [6, 6.07) is 7.19. The Bertz CT molecular complexity index is 830. The quantitative estimate of drug-likeness (QED) is 0.732. The molecule has 0 aliphatic heterocycles. The zero-order chi connectivity index (χ0) is 18.4. The monoisotopic (exact) mass is 382 g/mol. The van der Waals surface area contributed by atoms with Crippen LogP contribution in [0, 0.1) is 0 Å². The van der Waals surface area contributed by atoms with Crippen LogP contribution in [0.1, 0.15) is 15.9 Å². The number of hydrogen-bond acceptors (Lipinski definition) is 6. The zero-order valence-electron chi connectivity index (χ0n) is 13.8. The van der Waals surface area contributed by atoms with Gasteiger partial charge in [0.25, 0.3) is 5.91 Å². The Morgan fingerprint density at radius 1 is 1.20 bits per heavy atom. The van der Waals surface area contributed by atoms with Crippen molar-refractivity contribution in [2.45, 2.75) is 11.4 Å². The fourth-order valence-corrected chi connectivity index (χ4v) is 3.34. The second-order valence-corrected chi connectivity index (χ2v) is 7.86. The Morgan fingerprint density at radius 2 is 1.88 bits per heavy atom. The number of esters is 1. The van der Waals surface area contributed by atoms with Crippen molar-refractivity contribution >= 4 is 33.2 Å². The van der Waals surface area contributed by atoms with Gasteiger partial charge in [0, 0.05) is 13.6 Å². The number of amides is 1. The summed E-state index contributed by atoms with van der Waals surface area (Å²) in [5, 5.41) is 3.86. The van der Waals surface area contributed by atoms with Crippen molar-refractivity contribution in [3.8, 4) is 0 Å². The molecule has 0 atom stereocenters. The first-order valence-corrected chi connectivity index (χ1v) is 9.72. The Morgan fingerprint density at radius 3 is 2.44 bits per heavy atom. The number of rotatable bonds is 7. The fraction of sp³-hybridized carbons (Fsp3) is 0.250. The van der Waals surface area contributed by atoms with Gasteiger partial charge in [0.15, 0.2) is 6.61 Å². The van der Waals surface area contributed by atoms with Crippen LogP contribution in [0.25, 0.3) is 0 Å². The van der Waals surface area contributed by atoms with Crippen LogP contribution in [0.5, 0.6) is 0 Å². The largest absolute Gasteiger partial charge is 0.452 e. The van der Waals surface area contributed by atoms with E-state index in [2.05, 4.69) is 4.72 Å². The van der Waals surface area contributed by atoms with Crippen molar-refractivity contribution in [1.82, 2.24) is 9.62 Å². The third kappa shape index (κ3) is 5.12. The van der Waals surface area contributed by atoms with Gasteiger partial charge < -0.3 is 9.64 Å². The normalized spacial score (nSPS) is 11.1. The maximum atomic E-state index is 12.0.